The van der Waals surface area contributed by atoms with Gasteiger partial charge < -0.3 is 5.73 Å². The average molecular weight is 233 g/mol. The molecule has 2 aromatic carbocycles. The Morgan fingerprint density at radius 3 is 2.24 bits per heavy atom. The molecule has 17 heavy (non-hydrogen) atoms. The standard InChI is InChI=1S/C14H13F2N/c1-9-6-7-11(13(16)8-9)14(17)10-4-2-3-5-12(10)15/h2-8,14H,17H2,1H3. The highest BCUT2D eigenvalue weighted by atomic mass is 19.1. The van der Waals surface area contributed by atoms with Gasteiger partial charge in [-0.05, 0) is 24.6 Å². The minimum atomic E-state index is -0.781. The summed E-state index contributed by atoms with van der Waals surface area (Å²) in [4.78, 5) is 0. The molecule has 0 aliphatic heterocycles. The molecule has 1 unspecified atom stereocenters. The lowest BCUT2D eigenvalue weighted by Crippen LogP contribution is -2.15. The highest BCUT2D eigenvalue weighted by Crippen LogP contribution is 2.24. The third kappa shape index (κ3) is 2.34. The first-order valence-electron chi connectivity index (χ1n) is 5.35. The molecule has 0 aliphatic rings. The van der Waals surface area contributed by atoms with E-state index in [1.54, 1.807) is 37.3 Å². The molecule has 0 aliphatic carbocycles. The highest BCUT2D eigenvalue weighted by molar-refractivity contribution is 5.34. The van der Waals surface area contributed by atoms with Crippen molar-refractivity contribution >= 4 is 0 Å². The topological polar surface area (TPSA) is 26.0 Å². The van der Waals surface area contributed by atoms with Crippen LogP contribution < -0.4 is 5.73 Å². The lowest BCUT2D eigenvalue weighted by Gasteiger charge is -2.14. The maximum atomic E-state index is 13.7. The van der Waals surface area contributed by atoms with Crippen molar-refractivity contribution < 1.29 is 8.78 Å². The van der Waals surface area contributed by atoms with E-state index in [0.717, 1.165) is 5.56 Å². The number of rotatable bonds is 2. The van der Waals surface area contributed by atoms with E-state index in [4.69, 9.17) is 5.73 Å². The van der Waals surface area contributed by atoms with Crippen LogP contribution >= 0.6 is 0 Å². The van der Waals surface area contributed by atoms with Gasteiger partial charge in [0.15, 0.2) is 0 Å². The van der Waals surface area contributed by atoms with Gasteiger partial charge in [0.1, 0.15) is 11.6 Å². The zero-order chi connectivity index (χ0) is 12.4. The van der Waals surface area contributed by atoms with Gasteiger partial charge in [0.25, 0.3) is 0 Å². The summed E-state index contributed by atoms with van der Waals surface area (Å²) in [6.45, 7) is 1.79. The zero-order valence-corrected chi connectivity index (χ0v) is 9.45. The van der Waals surface area contributed by atoms with Crippen LogP contribution in [0.2, 0.25) is 0 Å². The molecule has 2 aromatic rings. The van der Waals surface area contributed by atoms with Crippen molar-refractivity contribution in [2.75, 3.05) is 0 Å². The first-order chi connectivity index (χ1) is 8.09. The number of nitrogens with two attached hydrogens (primary N) is 1. The molecule has 0 amide bonds. The van der Waals surface area contributed by atoms with Gasteiger partial charge in [-0.2, -0.15) is 0 Å². The third-order valence-corrected chi connectivity index (χ3v) is 2.73. The van der Waals surface area contributed by atoms with Gasteiger partial charge in [-0.1, -0.05) is 30.3 Å². The molecule has 0 saturated carbocycles. The molecule has 88 valence electrons. The fraction of sp³-hybridized carbons (Fsp3) is 0.143. The average Bonchev–Trinajstić information content (AvgIpc) is 2.29. The lowest BCUT2D eigenvalue weighted by atomic mass is 9.98. The van der Waals surface area contributed by atoms with E-state index in [1.807, 2.05) is 0 Å². The van der Waals surface area contributed by atoms with Gasteiger partial charge in [0.05, 0.1) is 6.04 Å². The van der Waals surface area contributed by atoms with E-state index in [1.165, 1.54) is 12.1 Å². The van der Waals surface area contributed by atoms with Crippen LogP contribution in [-0.2, 0) is 0 Å². The Balaban J connectivity index is 2.44. The van der Waals surface area contributed by atoms with E-state index in [2.05, 4.69) is 0 Å². The monoisotopic (exact) mass is 233 g/mol. The predicted molar refractivity (Wildman–Crippen MR) is 63.6 cm³/mol. The molecule has 2 N–H and O–H groups in total. The Labute approximate surface area is 98.9 Å². The summed E-state index contributed by atoms with van der Waals surface area (Å²) in [5, 5.41) is 0. The lowest BCUT2D eigenvalue weighted by molar-refractivity contribution is 0.575. The van der Waals surface area contributed by atoms with Crippen LogP contribution in [0.5, 0.6) is 0 Å². The quantitative estimate of drug-likeness (QED) is 0.846. The van der Waals surface area contributed by atoms with Crippen molar-refractivity contribution in [3.8, 4) is 0 Å². The molecule has 0 spiro atoms. The first kappa shape index (κ1) is 11.7. The van der Waals surface area contributed by atoms with Gasteiger partial charge in [0.2, 0.25) is 0 Å². The van der Waals surface area contributed by atoms with Crippen molar-refractivity contribution in [3.05, 3.63) is 70.8 Å². The van der Waals surface area contributed by atoms with Crippen LogP contribution in [0.3, 0.4) is 0 Å². The molecular weight excluding hydrogens is 220 g/mol. The van der Waals surface area contributed by atoms with Crippen molar-refractivity contribution in [2.24, 2.45) is 5.73 Å². The molecule has 0 heterocycles. The second-order valence-corrected chi connectivity index (χ2v) is 4.02. The molecule has 1 nitrogen and oxygen atoms in total. The molecule has 0 fully saturated rings. The van der Waals surface area contributed by atoms with Gasteiger partial charge in [-0.3, -0.25) is 0 Å². The van der Waals surface area contributed by atoms with Crippen molar-refractivity contribution in [2.45, 2.75) is 13.0 Å². The van der Waals surface area contributed by atoms with E-state index < -0.39 is 17.7 Å². The van der Waals surface area contributed by atoms with Crippen molar-refractivity contribution in [1.29, 1.82) is 0 Å². The maximum absolute atomic E-state index is 13.7. The Morgan fingerprint density at radius 2 is 1.59 bits per heavy atom. The van der Waals surface area contributed by atoms with E-state index in [0.29, 0.717) is 11.1 Å². The fourth-order valence-corrected chi connectivity index (χ4v) is 1.78. The second kappa shape index (κ2) is 4.63. The van der Waals surface area contributed by atoms with Crippen LogP contribution in [-0.4, -0.2) is 0 Å². The summed E-state index contributed by atoms with van der Waals surface area (Å²) < 4.78 is 27.3. The summed E-state index contributed by atoms with van der Waals surface area (Å²) in [7, 11) is 0. The predicted octanol–water partition coefficient (Wildman–Crippen LogP) is 3.32. The van der Waals surface area contributed by atoms with Crippen molar-refractivity contribution in [1.82, 2.24) is 0 Å². The van der Waals surface area contributed by atoms with E-state index >= 15 is 0 Å². The van der Waals surface area contributed by atoms with Crippen LogP contribution in [0.15, 0.2) is 42.5 Å². The number of aryl methyl sites for hydroxylation is 1. The first-order valence-corrected chi connectivity index (χ1v) is 5.35. The molecule has 0 saturated heterocycles. The van der Waals surface area contributed by atoms with Crippen LogP contribution in [0, 0.1) is 18.6 Å². The molecular formula is C14H13F2N. The van der Waals surface area contributed by atoms with E-state index in [-0.39, 0.29) is 0 Å². The van der Waals surface area contributed by atoms with Gasteiger partial charge in [0, 0.05) is 11.1 Å². The Bertz CT molecular complexity index is 537. The SMILES string of the molecule is Cc1ccc(C(N)c2ccccc2F)c(F)c1. The summed E-state index contributed by atoms with van der Waals surface area (Å²) >= 11 is 0. The number of benzene rings is 2. The highest BCUT2D eigenvalue weighted by Gasteiger charge is 2.16. The molecule has 0 aromatic heterocycles. The Kier molecular flexibility index (Phi) is 3.20. The Morgan fingerprint density at radius 1 is 0.941 bits per heavy atom. The van der Waals surface area contributed by atoms with Crippen LogP contribution in [0.4, 0.5) is 8.78 Å². The second-order valence-electron chi connectivity index (χ2n) is 4.02. The fourth-order valence-electron chi connectivity index (χ4n) is 1.78. The van der Waals surface area contributed by atoms with Crippen molar-refractivity contribution in [3.63, 3.8) is 0 Å². The minimum Gasteiger partial charge on any atom is -0.320 e. The molecule has 0 bridgehead atoms. The van der Waals surface area contributed by atoms with Gasteiger partial charge in [-0.15, -0.1) is 0 Å². The molecule has 3 heteroatoms. The minimum absolute atomic E-state index is 0.301. The number of hydrogen-bond acceptors (Lipinski definition) is 1. The molecule has 2 rings (SSSR count). The summed E-state index contributed by atoms with van der Waals surface area (Å²) in [6.07, 6.45) is 0. The Hall–Kier alpha value is -1.74. The van der Waals surface area contributed by atoms with Crippen LogP contribution in [0.1, 0.15) is 22.7 Å². The number of halogens is 2. The van der Waals surface area contributed by atoms with Gasteiger partial charge >= 0.3 is 0 Å². The summed E-state index contributed by atoms with van der Waals surface area (Å²) in [5.41, 5.74) is 7.31. The molecule has 1 atom stereocenters. The smallest absolute Gasteiger partial charge is 0.128 e. The number of hydrogen-bond donors (Lipinski definition) is 1. The molecule has 0 radical (unpaired) electrons. The normalized spacial score (nSPS) is 12.5. The van der Waals surface area contributed by atoms with E-state index in [9.17, 15) is 8.78 Å². The summed E-state index contributed by atoms with van der Waals surface area (Å²) in [5.74, 6) is -0.819. The zero-order valence-electron chi connectivity index (χ0n) is 9.45. The summed E-state index contributed by atoms with van der Waals surface area (Å²) in [6, 6.07) is 10.1. The maximum Gasteiger partial charge on any atom is 0.128 e. The largest absolute Gasteiger partial charge is 0.320 e. The van der Waals surface area contributed by atoms with Gasteiger partial charge in [-0.25, -0.2) is 8.78 Å². The third-order valence-electron chi connectivity index (χ3n) is 2.73. The van der Waals surface area contributed by atoms with Crippen LogP contribution in [0.25, 0.3) is 0 Å².